The molecule has 1 fully saturated rings. The van der Waals surface area contributed by atoms with Gasteiger partial charge in [-0.15, -0.1) is 0 Å². The summed E-state index contributed by atoms with van der Waals surface area (Å²) in [6.45, 7) is 7.07. The van der Waals surface area contributed by atoms with Crippen LogP contribution in [0.5, 0.6) is 0 Å². The Bertz CT molecular complexity index is 141. The average molecular weight is 170 g/mol. The number of rotatable bonds is 3. The molecule has 0 aliphatic carbocycles. The molecule has 1 atom stereocenters. The molecule has 0 radical (unpaired) electrons. The molecule has 1 unspecified atom stereocenters. The van der Waals surface area contributed by atoms with Gasteiger partial charge >= 0.3 is 0 Å². The van der Waals surface area contributed by atoms with Crippen molar-refractivity contribution in [2.24, 2.45) is 5.41 Å². The average Bonchev–Trinajstić information content (AvgIpc) is 2.26. The van der Waals surface area contributed by atoms with Gasteiger partial charge in [0, 0.05) is 12.6 Å². The summed E-state index contributed by atoms with van der Waals surface area (Å²) in [6.07, 6.45) is 2.62. The summed E-state index contributed by atoms with van der Waals surface area (Å²) in [4.78, 5) is 2.26. The minimum absolute atomic E-state index is 0.525. The second-order valence-electron chi connectivity index (χ2n) is 5.04. The number of hydrogen-bond acceptors (Lipinski definition) is 2. The lowest BCUT2D eigenvalue weighted by atomic mass is 9.90. The van der Waals surface area contributed by atoms with E-state index >= 15 is 0 Å². The molecule has 0 bridgehead atoms. The second kappa shape index (κ2) is 3.75. The van der Waals surface area contributed by atoms with E-state index in [0.717, 1.165) is 6.04 Å². The van der Waals surface area contributed by atoms with Gasteiger partial charge in [-0.2, -0.15) is 0 Å². The molecule has 0 aromatic carbocycles. The summed E-state index contributed by atoms with van der Waals surface area (Å²) in [7, 11) is 4.28. The monoisotopic (exact) mass is 170 g/mol. The van der Waals surface area contributed by atoms with E-state index < -0.39 is 0 Å². The molecule has 72 valence electrons. The first-order chi connectivity index (χ1) is 5.49. The lowest BCUT2D eigenvalue weighted by Crippen LogP contribution is -2.26. The van der Waals surface area contributed by atoms with Gasteiger partial charge in [-0.25, -0.2) is 0 Å². The van der Waals surface area contributed by atoms with Gasteiger partial charge in [0.05, 0.1) is 0 Å². The van der Waals surface area contributed by atoms with Gasteiger partial charge in [0.2, 0.25) is 0 Å². The van der Waals surface area contributed by atoms with Crippen molar-refractivity contribution in [3.63, 3.8) is 0 Å². The first-order valence-corrected chi connectivity index (χ1v) is 4.88. The van der Waals surface area contributed by atoms with Crippen molar-refractivity contribution < 1.29 is 0 Å². The molecule has 1 saturated heterocycles. The van der Waals surface area contributed by atoms with Crippen LogP contribution >= 0.6 is 0 Å². The Morgan fingerprint density at radius 1 is 1.42 bits per heavy atom. The molecule has 1 aliphatic rings. The Kier molecular flexibility index (Phi) is 3.13. The van der Waals surface area contributed by atoms with E-state index in [0.29, 0.717) is 5.41 Å². The fourth-order valence-corrected chi connectivity index (χ4v) is 1.85. The second-order valence-corrected chi connectivity index (χ2v) is 5.04. The van der Waals surface area contributed by atoms with Crippen LogP contribution in [-0.4, -0.2) is 38.1 Å². The standard InChI is InChI=1S/C10H22N2/c1-10(2)7-9(11-8-10)5-6-12(3)4/h9,11H,5-8H2,1-4H3. The molecule has 0 aromatic heterocycles. The Labute approximate surface area is 76.3 Å². The van der Waals surface area contributed by atoms with Crippen LogP contribution in [0.3, 0.4) is 0 Å². The van der Waals surface area contributed by atoms with Crippen LogP contribution < -0.4 is 5.32 Å². The van der Waals surface area contributed by atoms with Gasteiger partial charge in [-0.05, 0) is 38.9 Å². The fourth-order valence-electron chi connectivity index (χ4n) is 1.85. The normalized spacial score (nSPS) is 28.2. The summed E-state index contributed by atoms with van der Waals surface area (Å²) in [6, 6.07) is 0.752. The molecule has 2 nitrogen and oxygen atoms in total. The Balaban J connectivity index is 2.20. The zero-order valence-corrected chi connectivity index (χ0v) is 8.85. The summed E-state index contributed by atoms with van der Waals surface area (Å²) < 4.78 is 0. The first-order valence-electron chi connectivity index (χ1n) is 4.88. The predicted molar refractivity (Wildman–Crippen MR) is 53.4 cm³/mol. The van der Waals surface area contributed by atoms with E-state index in [1.54, 1.807) is 0 Å². The SMILES string of the molecule is CN(C)CCC1CC(C)(C)CN1. The molecule has 1 heterocycles. The van der Waals surface area contributed by atoms with Crippen LogP contribution in [0, 0.1) is 5.41 Å². The van der Waals surface area contributed by atoms with E-state index in [1.165, 1.54) is 25.9 Å². The van der Waals surface area contributed by atoms with E-state index in [4.69, 9.17) is 0 Å². The van der Waals surface area contributed by atoms with E-state index in [2.05, 4.69) is 38.2 Å². The smallest absolute Gasteiger partial charge is 0.00850 e. The highest BCUT2D eigenvalue weighted by Gasteiger charge is 2.29. The summed E-state index contributed by atoms with van der Waals surface area (Å²) in [5.74, 6) is 0. The van der Waals surface area contributed by atoms with Crippen LogP contribution in [-0.2, 0) is 0 Å². The molecule has 0 spiro atoms. The first kappa shape index (κ1) is 10.0. The molecule has 2 heteroatoms. The van der Waals surface area contributed by atoms with E-state index in [1.807, 2.05) is 0 Å². The third-order valence-electron chi connectivity index (χ3n) is 2.59. The van der Waals surface area contributed by atoms with Gasteiger partial charge in [-0.3, -0.25) is 0 Å². The minimum atomic E-state index is 0.525. The maximum Gasteiger partial charge on any atom is 0.00850 e. The van der Waals surface area contributed by atoms with Crippen LogP contribution in [0.2, 0.25) is 0 Å². The molecular formula is C10H22N2. The van der Waals surface area contributed by atoms with Crippen LogP contribution in [0.4, 0.5) is 0 Å². The zero-order chi connectivity index (χ0) is 9.19. The summed E-state index contributed by atoms with van der Waals surface area (Å²) in [5.41, 5.74) is 0.525. The fraction of sp³-hybridized carbons (Fsp3) is 1.00. The predicted octanol–water partition coefficient (Wildman–Crippen LogP) is 1.33. The van der Waals surface area contributed by atoms with E-state index in [9.17, 15) is 0 Å². The minimum Gasteiger partial charge on any atom is -0.313 e. The highest BCUT2D eigenvalue weighted by atomic mass is 15.1. The molecule has 0 aromatic rings. The molecule has 1 rings (SSSR count). The zero-order valence-electron chi connectivity index (χ0n) is 8.85. The van der Waals surface area contributed by atoms with Crippen molar-refractivity contribution in [2.45, 2.75) is 32.7 Å². The van der Waals surface area contributed by atoms with E-state index in [-0.39, 0.29) is 0 Å². The van der Waals surface area contributed by atoms with Crippen molar-refractivity contribution in [1.82, 2.24) is 10.2 Å². The Hall–Kier alpha value is -0.0800. The highest BCUT2D eigenvalue weighted by Crippen LogP contribution is 2.28. The van der Waals surface area contributed by atoms with Crippen molar-refractivity contribution in [2.75, 3.05) is 27.2 Å². The number of hydrogen-bond donors (Lipinski definition) is 1. The highest BCUT2D eigenvalue weighted by molar-refractivity contribution is 4.87. The Morgan fingerprint density at radius 3 is 2.50 bits per heavy atom. The maximum absolute atomic E-state index is 3.58. The number of nitrogens with zero attached hydrogens (tertiary/aromatic N) is 1. The molecule has 1 N–H and O–H groups in total. The van der Waals surface area contributed by atoms with Crippen LogP contribution in [0.15, 0.2) is 0 Å². The van der Waals surface area contributed by atoms with Crippen molar-refractivity contribution >= 4 is 0 Å². The lowest BCUT2D eigenvalue weighted by Gasteiger charge is -2.16. The third-order valence-corrected chi connectivity index (χ3v) is 2.59. The van der Waals surface area contributed by atoms with Gasteiger partial charge in [-0.1, -0.05) is 13.8 Å². The largest absolute Gasteiger partial charge is 0.313 e. The van der Waals surface area contributed by atoms with Crippen molar-refractivity contribution in [1.29, 1.82) is 0 Å². The van der Waals surface area contributed by atoms with Crippen molar-refractivity contribution in [3.05, 3.63) is 0 Å². The van der Waals surface area contributed by atoms with Gasteiger partial charge in [0.25, 0.3) is 0 Å². The van der Waals surface area contributed by atoms with Crippen molar-refractivity contribution in [3.8, 4) is 0 Å². The Morgan fingerprint density at radius 2 is 2.08 bits per heavy atom. The summed E-state index contributed by atoms with van der Waals surface area (Å²) in [5, 5.41) is 3.58. The molecule has 0 saturated carbocycles. The van der Waals surface area contributed by atoms with Gasteiger partial charge in [0.15, 0.2) is 0 Å². The number of nitrogens with one attached hydrogen (secondary N) is 1. The molecular weight excluding hydrogens is 148 g/mol. The lowest BCUT2D eigenvalue weighted by molar-refractivity contribution is 0.354. The van der Waals surface area contributed by atoms with Gasteiger partial charge in [0.1, 0.15) is 0 Å². The van der Waals surface area contributed by atoms with Gasteiger partial charge < -0.3 is 10.2 Å². The molecule has 0 amide bonds. The topological polar surface area (TPSA) is 15.3 Å². The molecule has 1 aliphatic heterocycles. The quantitative estimate of drug-likeness (QED) is 0.687. The van der Waals surface area contributed by atoms with Crippen LogP contribution in [0.1, 0.15) is 26.7 Å². The van der Waals surface area contributed by atoms with Crippen LogP contribution in [0.25, 0.3) is 0 Å². The summed E-state index contributed by atoms with van der Waals surface area (Å²) >= 11 is 0. The molecule has 12 heavy (non-hydrogen) atoms. The maximum atomic E-state index is 3.58. The third kappa shape index (κ3) is 3.11.